The normalized spacial score (nSPS) is 12.8. The maximum atomic E-state index is 5.55. The van der Waals surface area contributed by atoms with Gasteiger partial charge in [-0.2, -0.15) is 0 Å². The van der Waals surface area contributed by atoms with Gasteiger partial charge in [-0.3, -0.25) is 4.98 Å². The number of fused-ring (bicyclic) bond motifs is 1. The van der Waals surface area contributed by atoms with Gasteiger partial charge in [0.25, 0.3) is 0 Å². The Hall–Kier alpha value is -1.45. The summed E-state index contributed by atoms with van der Waals surface area (Å²) in [4.78, 5) is 4.77. The molecule has 1 heterocycles. The largest absolute Gasteiger partial charge is 0.380 e. The Balaban J connectivity index is 2.36. The fourth-order valence-electron chi connectivity index (χ4n) is 2.29. The molecule has 0 bridgehead atoms. The number of nitrogens with zero attached hydrogens (tertiary/aromatic N) is 1. The van der Waals surface area contributed by atoms with Gasteiger partial charge in [-0.25, -0.2) is 0 Å². The van der Waals surface area contributed by atoms with Gasteiger partial charge in [-0.05, 0) is 38.1 Å². The molecule has 0 radical (unpaired) electrons. The summed E-state index contributed by atoms with van der Waals surface area (Å²) < 4.78 is 5.55. The van der Waals surface area contributed by atoms with E-state index in [-0.39, 0.29) is 6.04 Å². The minimum Gasteiger partial charge on any atom is -0.380 e. The first-order chi connectivity index (χ1) is 9.26. The summed E-state index contributed by atoms with van der Waals surface area (Å²) in [5.74, 6) is 0. The van der Waals surface area contributed by atoms with Crippen molar-refractivity contribution in [2.24, 2.45) is 0 Å². The molecule has 1 N–H and O–H groups in total. The molecule has 102 valence electrons. The van der Waals surface area contributed by atoms with Crippen molar-refractivity contribution in [3.05, 3.63) is 41.6 Å². The van der Waals surface area contributed by atoms with Gasteiger partial charge in [-0.15, -0.1) is 0 Å². The maximum absolute atomic E-state index is 5.55. The molecule has 2 rings (SSSR count). The van der Waals surface area contributed by atoms with Crippen molar-refractivity contribution in [2.75, 3.05) is 19.8 Å². The number of nitrogens with one attached hydrogen (secondary N) is 1. The molecule has 1 atom stereocenters. The van der Waals surface area contributed by atoms with Crippen molar-refractivity contribution < 1.29 is 4.74 Å². The van der Waals surface area contributed by atoms with Crippen LogP contribution in [0, 0.1) is 6.92 Å². The van der Waals surface area contributed by atoms with E-state index in [1.807, 2.05) is 13.0 Å². The van der Waals surface area contributed by atoms with E-state index >= 15 is 0 Å². The summed E-state index contributed by atoms with van der Waals surface area (Å²) in [7, 11) is 0. The third-order valence-electron chi connectivity index (χ3n) is 3.24. The first kappa shape index (κ1) is 14.0. The summed E-state index contributed by atoms with van der Waals surface area (Å²) in [6, 6.07) is 10.6. The van der Waals surface area contributed by atoms with Crippen molar-refractivity contribution in [1.29, 1.82) is 0 Å². The third-order valence-corrected chi connectivity index (χ3v) is 3.24. The van der Waals surface area contributed by atoms with Gasteiger partial charge in [0.2, 0.25) is 0 Å². The Labute approximate surface area is 115 Å². The van der Waals surface area contributed by atoms with Gasteiger partial charge in [0.1, 0.15) is 0 Å². The van der Waals surface area contributed by atoms with E-state index in [1.54, 1.807) is 0 Å². The number of aryl methyl sites for hydroxylation is 1. The molecule has 0 aliphatic carbocycles. The number of pyridine rings is 1. The molecule has 1 aromatic carbocycles. The highest BCUT2D eigenvalue weighted by Gasteiger charge is 2.13. The lowest BCUT2D eigenvalue weighted by Crippen LogP contribution is -2.26. The average molecular weight is 258 g/mol. The predicted molar refractivity (Wildman–Crippen MR) is 79.4 cm³/mol. The number of hydrogen-bond donors (Lipinski definition) is 1. The quantitative estimate of drug-likeness (QED) is 0.863. The molecule has 3 nitrogen and oxygen atoms in total. The van der Waals surface area contributed by atoms with Crippen LogP contribution in [0.3, 0.4) is 0 Å². The summed E-state index contributed by atoms with van der Waals surface area (Å²) >= 11 is 0. The van der Waals surface area contributed by atoms with Crippen molar-refractivity contribution in [1.82, 2.24) is 10.3 Å². The predicted octanol–water partition coefficient (Wildman–Crippen LogP) is 3.23. The zero-order valence-electron chi connectivity index (χ0n) is 11.9. The van der Waals surface area contributed by atoms with Gasteiger partial charge in [0.15, 0.2) is 0 Å². The molecule has 0 aliphatic heterocycles. The molecule has 2 aromatic rings. The number of benzene rings is 1. The second-order valence-corrected chi connectivity index (χ2v) is 4.65. The zero-order chi connectivity index (χ0) is 13.7. The van der Waals surface area contributed by atoms with E-state index in [2.05, 4.69) is 43.4 Å². The van der Waals surface area contributed by atoms with E-state index in [0.717, 1.165) is 24.4 Å². The van der Waals surface area contributed by atoms with Crippen molar-refractivity contribution in [3.63, 3.8) is 0 Å². The number of likely N-dealkylation sites (N-methyl/N-ethyl adjacent to an activating group) is 1. The van der Waals surface area contributed by atoms with Crippen LogP contribution >= 0.6 is 0 Å². The molecule has 0 fully saturated rings. The summed E-state index contributed by atoms with van der Waals surface area (Å²) in [6.45, 7) is 8.56. The Morgan fingerprint density at radius 3 is 2.79 bits per heavy atom. The molecule has 19 heavy (non-hydrogen) atoms. The lowest BCUT2D eigenvalue weighted by atomic mass is 10.1. The highest BCUT2D eigenvalue weighted by atomic mass is 16.5. The number of para-hydroxylation sites is 1. The maximum Gasteiger partial charge on any atom is 0.0733 e. The monoisotopic (exact) mass is 258 g/mol. The molecule has 1 aromatic heterocycles. The van der Waals surface area contributed by atoms with Crippen molar-refractivity contribution in [2.45, 2.75) is 26.8 Å². The van der Waals surface area contributed by atoms with Crippen molar-refractivity contribution >= 4 is 10.9 Å². The van der Waals surface area contributed by atoms with Crippen LogP contribution in [0.1, 0.15) is 31.1 Å². The Bertz CT molecular complexity index is 539. The lowest BCUT2D eigenvalue weighted by molar-refractivity contribution is 0.122. The van der Waals surface area contributed by atoms with E-state index in [9.17, 15) is 0 Å². The molecule has 0 saturated carbocycles. The third kappa shape index (κ3) is 3.31. The first-order valence-corrected chi connectivity index (χ1v) is 6.93. The second-order valence-electron chi connectivity index (χ2n) is 4.65. The fourth-order valence-corrected chi connectivity index (χ4v) is 2.29. The SMILES string of the molecule is CCNC(COCC)c1cc(C)c2ccccc2n1. The molecular formula is C16H22N2O. The Morgan fingerprint density at radius 1 is 1.26 bits per heavy atom. The van der Waals surface area contributed by atoms with Gasteiger partial charge in [0, 0.05) is 12.0 Å². The van der Waals surface area contributed by atoms with Crippen LogP contribution in [-0.2, 0) is 4.74 Å². The first-order valence-electron chi connectivity index (χ1n) is 6.93. The highest BCUT2D eigenvalue weighted by molar-refractivity contribution is 5.82. The van der Waals surface area contributed by atoms with Gasteiger partial charge in [-0.1, -0.05) is 25.1 Å². The van der Waals surface area contributed by atoms with Crippen LogP contribution in [0.4, 0.5) is 0 Å². The minimum atomic E-state index is 0.160. The fraction of sp³-hybridized carbons (Fsp3) is 0.438. The highest BCUT2D eigenvalue weighted by Crippen LogP contribution is 2.21. The number of aromatic nitrogens is 1. The number of hydrogen-bond acceptors (Lipinski definition) is 3. The van der Waals surface area contributed by atoms with Crippen LogP contribution < -0.4 is 5.32 Å². The summed E-state index contributed by atoms with van der Waals surface area (Å²) in [5.41, 5.74) is 3.38. The number of ether oxygens (including phenoxy) is 1. The molecule has 0 aliphatic rings. The standard InChI is InChI=1S/C16H22N2O/c1-4-17-16(11-19-5-2)15-10-12(3)13-8-6-7-9-14(13)18-15/h6-10,16-17H,4-5,11H2,1-3H3. The van der Waals surface area contributed by atoms with Gasteiger partial charge in [0.05, 0.1) is 23.9 Å². The van der Waals surface area contributed by atoms with Crippen LogP contribution in [0.15, 0.2) is 30.3 Å². The minimum absolute atomic E-state index is 0.160. The Kier molecular flexibility index (Phi) is 4.88. The van der Waals surface area contributed by atoms with Gasteiger partial charge >= 0.3 is 0 Å². The van der Waals surface area contributed by atoms with Gasteiger partial charge < -0.3 is 10.1 Å². The second kappa shape index (κ2) is 6.64. The lowest BCUT2D eigenvalue weighted by Gasteiger charge is -2.18. The summed E-state index contributed by atoms with van der Waals surface area (Å²) in [6.07, 6.45) is 0. The molecule has 0 saturated heterocycles. The Morgan fingerprint density at radius 2 is 2.05 bits per heavy atom. The van der Waals surface area contributed by atoms with Crippen LogP contribution in [0.5, 0.6) is 0 Å². The molecule has 3 heteroatoms. The topological polar surface area (TPSA) is 34.1 Å². The van der Waals surface area contributed by atoms with Crippen LogP contribution in [0.25, 0.3) is 10.9 Å². The van der Waals surface area contributed by atoms with E-state index < -0.39 is 0 Å². The average Bonchev–Trinajstić information content (AvgIpc) is 2.43. The van der Waals surface area contributed by atoms with Crippen LogP contribution in [-0.4, -0.2) is 24.7 Å². The van der Waals surface area contributed by atoms with Crippen molar-refractivity contribution in [3.8, 4) is 0 Å². The summed E-state index contributed by atoms with van der Waals surface area (Å²) in [5, 5.41) is 4.66. The van der Waals surface area contributed by atoms with E-state index in [4.69, 9.17) is 9.72 Å². The number of rotatable bonds is 6. The van der Waals surface area contributed by atoms with Crippen LogP contribution in [0.2, 0.25) is 0 Å². The van der Waals surface area contributed by atoms with E-state index in [1.165, 1.54) is 10.9 Å². The smallest absolute Gasteiger partial charge is 0.0733 e. The molecule has 0 spiro atoms. The molecule has 1 unspecified atom stereocenters. The van der Waals surface area contributed by atoms with E-state index in [0.29, 0.717) is 6.61 Å². The zero-order valence-corrected chi connectivity index (χ0v) is 11.9. The molecular weight excluding hydrogens is 236 g/mol. The molecule has 0 amide bonds.